The molecule has 2 N–H and O–H groups in total. The van der Waals surface area contributed by atoms with E-state index < -0.39 is 6.09 Å². The Labute approximate surface area is 81.4 Å². The van der Waals surface area contributed by atoms with Crippen molar-refractivity contribution in [3.63, 3.8) is 0 Å². The Hall–Kier alpha value is -1.22. The maximum atomic E-state index is 10.5. The predicted molar refractivity (Wildman–Crippen MR) is 51.1 cm³/mol. The first-order valence-corrected chi connectivity index (χ1v) is 4.12. The quantitative estimate of drug-likeness (QED) is 0.755. The van der Waals surface area contributed by atoms with Crippen molar-refractivity contribution in [2.45, 2.75) is 13.8 Å². The number of benzene rings is 1. The van der Waals surface area contributed by atoms with E-state index in [0.717, 1.165) is 11.1 Å². The zero-order chi connectivity index (χ0) is 10.0. The number of carbonyl (C=O) groups is 1. The number of amides is 1. The first kappa shape index (κ1) is 9.86. The molecule has 4 heteroatoms. The van der Waals surface area contributed by atoms with Crippen molar-refractivity contribution in [2.24, 2.45) is 5.73 Å². The van der Waals surface area contributed by atoms with Crippen LogP contribution in [0, 0.1) is 13.8 Å². The zero-order valence-corrected chi connectivity index (χ0v) is 8.18. The number of primary amides is 1. The van der Waals surface area contributed by atoms with Gasteiger partial charge in [0.1, 0.15) is 5.75 Å². The number of rotatable bonds is 1. The summed E-state index contributed by atoms with van der Waals surface area (Å²) in [6, 6.07) is 3.43. The summed E-state index contributed by atoms with van der Waals surface area (Å²) >= 11 is 5.79. The molecule has 13 heavy (non-hydrogen) atoms. The third kappa shape index (κ3) is 2.36. The van der Waals surface area contributed by atoms with Gasteiger partial charge in [0.2, 0.25) is 0 Å². The highest BCUT2D eigenvalue weighted by atomic mass is 35.5. The minimum atomic E-state index is -0.812. The van der Waals surface area contributed by atoms with E-state index in [-0.39, 0.29) is 0 Å². The number of nitrogens with two attached hydrogens (primary N) is 1. The SMILES string of the molecule is Cc1cc(Cl)cc(C)c1OC(N)=O. The van der Waals surface area contributed by atoms with E-state index in [4.69, 9.17) is 22.1 Å². The highest BCUT2D eigenvalue weighted by Crippen LogP contribution is 2.26. The number of halogens is 1. The van der Waals surface area contributed by atoms with Crippen LogP contribution in [0.3, 0.4) is 0 Å². The average Bonchev–Trinajstić information content (AvgIpc) is 1.96. The molecule has 0 spiro atoms. The summed E-state index contributed by atoms with van der Waals surface area (Å²) in [5.74, 6) is 0.483. The maximum Gasteiger partial charge on any atom is 0.409 e. The van der Waals surface area contributed by atoms with Gasteiger partial charge in [0.05, 0.1) is 0 Å². The molecule has 1 aromatic carbocycles. The van der Waals surface area contributed by atoms with Crippen LogP contribution in [-0.2, 0) is 0 Å². The first-order valence-electron chi connectivity index (χ1n) is 3.74. The second kappa shape index (κ2) is 3.66. The van der Waals surface area contributed by atoms with Crippen LogP contribution in [0.5, 0.6) is 5.75 Å². The predicted octanol–water partition coefficient (Wildman–Crippen LogP) is 2.41. The van der Waals surface area contributed by atoms with Gasteiger partial charge in [-0.3, -0.25) is 0 Å². The van der Waals surface area contributed by atoms with Crippen LogP contribution in [0.25, 0.3) is 0 Å². The number of hydrogen-bond acceptors (Lipinski definition) is 2. The van der Waals surface area contributed by atoms with Crippen LogP contribution in [0.4, 0.5) is 4.79 Å². The number of hydrogen-bond donors (Lipinski definition) is 1. The zero-order valence-electron chi connectivity index (χ0n) is 7.43. The fourth-order valence-corrected chi connectivity index (χ4v) is 1.49. The number of ether oxygens (including phenoxy) is 1. The summed E-state index contributed by atoms with van der Waals surface area (Å²) in [4.78, 5) is 10.5. The molecule has 0 aliphatic heterocycles. The van der Waals surface area contributed by atoms with Gasteiger partial charge in [0.25, 0.3) is 0 Å². The molecule has 0 aromatic heterocycles. The van der Waals surface area contributed by atoms with E-state index in [2.05, 4.69) is 0 Å². The van der Waals surface area contributed by atoms with Crippen LogP contribution < -0.4 is 10.5 Å². The molecule has 0 aliphatic carbocycles. The van der Waals surface area contributed by atoms with Crippen molar-refractivity contribution >= 4 is 17.7 Å². The Bertz CT molecular complexity index is 326. The van der Waals surface area contributed by atoms with Gasteiger partial charge in [0, 0.05) is 5.02 Å². The van der Waals surface area contributed by atoms with E-state index in [0.29, 0.717) is 10.8 Å². The molecular formula is C9H10ClNO2. The van der Waals surface area contributed by atoms with Crippen molar-refractivity contribution in [1.29, 1.82) is 0 Å². The average molecular weight is 200 g/mol. The number of aryl methyl sites for hydroxylation is 2. The van der Waals surface area contributed by atoms with E-state index in [9.17, 15) is 4.79 Å². The number of carbonyl (C=O) groups excluding carboxylic acids is 1. The van der Waals surface area contributed by atoms with E-state index in [1.807, 2.05) is 0 Å². The molecule has 3 nitrogen and oxygen atoms in total. The standard InChI is InChI=1S/C9H10ClNO2/c1-5-3-7(10)4-6(2)8(5)13-9(11)12/h3-4H,1-2H3,(H2,11,12). The van der Waals surface area contributed by atoms with Gasteiger partial charge in [-0.2, -0.15) is 0 Å². The van der Waals surface area contributed by atoms with Crippen molar-refractivity contribution in [3.05, 3.63) is 28.3 Å². The first-order chi connectivity index (χ1) is 6.00. The van der Waals surface area contributed by atoms with Gasteiger partial charge in [-0.1, -0.05) is 11.6 Å². The lowest BCUT2D eigenvalue weighted by atomic mass is 10.1. The summed E-state index contributed by atoms with van der Waals surface area (Å²) in [5, 5.41) is 0.617. The molecule has 0 atom stereocenters. The highest BCUT2D eigenvalue weighted by Gasteiger charge is 2.07. The summed E-state index contributed by atoms with van der Waals surface area (Å²) in [6.07, 6.45) is -0.812. The second-order valence-electron chi connectivity index (χ2n) is 2.79. The third-order valence-corrected chi connectivity index (χ3v) is 1.85. The molecule has 0 saturated heterocycles. The molecule has 1 aromatic rings. The highest BCUT2D eigenvalue weighted by molar-refractivity contribution is 6.30. The van der Waals surface area contributed by atoms with Gasteiger partial charge < -0.3 is 10.5 Å². The summed E-state index contributed by atoms with van der Waals surface area (Å²) in [7, 11) is 0. The second-order valence-corrected chi connectivity index (χ2v) is 3.23. The Kier molecular flexibility index (Phi) is 2.78. The topological polar surface area (TPSA) is 52.3 Å². The van der Waals surface area contributed by atoms with E-state index in [1.165, 1.54) is 0 Å². The van der Waals surface area contributed by atoms with E-state index >= 15 is 0 Å². The molecule has 0 saturated carbocycles. The molecule has 0 unspecified atom stereocenters. The molecule has 1 rings (SSSR count). The smallest absolute Gasteiger partial charge is 0.409 e. The molecule has 0 radical (unpaired) electrons. The van der Waals surface area contributed by atoms with Crippen molar-refractivity contribution in [1.82, 2.24) is 0 Å². The van der Waals surface area contributed by atoms with E-state index in [1.54, 1.807) is 26.0 Å². The molecule has 0 bridgehead atoms. The van der Waals surface area contributed by atoms with Gasteiger partial charge in [-0.05, 0) is 37.1 Å². The largest absolute Gasteiger partial charge is 0.410 e. The van der Waals surface area contributed by atoms with Crippen LogP contribution in [0.15, 0.2) is 12.1 Å². The van der Waals surface area contributed by atoms with Gasteiger partial charge in [-0.25, -0.2) is 4.79 Å². The fourth-order valence-electron chi connectivity index (χ4n) is 1.16. The summed E-state index contributed by atoms with van der Waals surface area (Å²) < 4.78 is 4.81. The molecule has 70 valence electrons. The van der Waals surface area contributed by atoms with Crippen LogP contribution in [-0.4, -0.2) is 6.09 Å². The van der Waals surface area contributed by atoms with Gasteiger partial charge >= 0.3 is 6.09 Å². The Morgan fingerprint density at radius 3 is 2.23 bits per heavy atom. The summed E-state index contributed by atoms with van der Waals surface area (Å²) in [6.45, 7) is 3.61. The van der Waals surface area contributed by atoms with Crippen LogP contribution in [0.1, 0.15) is 11.1 Å². The van der Waals surface area contributed by atoms with Crippen molar-refractivity contribution in [2.75, 3.05) is 0 Å². The third-order valence-electron chi connectivity index (χ3n) is 1.63. The maximum absolute atomic E-state index is 10.5. The lowest BCUT2D eigenvalue weighted by Crippen LogP contribution is -2.17. The normalized spacial score (nSPS) is 9.77. The fraction of sp³-hybridized carbons (Fsp3) is 0.222. The molecular weight excluding hydrogens is 190 g/mol. The Morgan fingerprint density at radius 2 is 1.85 bits per heavy atom. The Balaban J connectivity index is 3.13. The molecule has 0 fully saturated rings. The molecule has 0 heterocycles. The minimum Gasteiger partial charge on any atom is -0.410 e. The summed E-state index contributed by atoms with van der Waals surface area (Å²) in [5.41, 5.74) is 6.50. The van der Waals surface area contributed by atoms with Gasteiger partial charge in [-0.15, -0.1) is 0 Å². The van der Waals surface area contributed by atoms with Crippen molar-refractivity contribution < 1.29 is 9.53 Å². The lowest BCUT2D eigenvalue weighted by molar-refractivity contribution is 0.210. The van der Waals surface area contributed by atoms with Crippen molar-refractivity contribution in [3.8, 4) is 5.75 Å². The van der Waals surface area contributed by atoms with Crippen LogP contribution >= 0.6 is 11.6 Å². The Morgan fingerprint density at radius 1 is 1.38 bits per heavy atom. The molecule has 1 amide bonds. The minimum absolute atomic E-state index is 0.483. The lowest BCUT2D eigenvalue weighted by Gasteiger charge is -2.08. The van der Waals surface area contributed by atoms with Crippen LogP contribution in [0.2, 0.25) is 5.02 Å². The van der Waals surface area contributed by atoms with Gasteiger partial charge in [0.15, 0.2) is 0 Å². The molecule has 0 aliphatic rings. The monoisotopic (exact) mass is 199 g/mol.